The Morgan fingerprint density at radius 2 is 1.86 bits per heavy atom. The number of rotatable bonds is 3. The Balaban J connectivity index is 1.97. The minimum Gasteiger partial charge on any atom is -0.324 e. The maximum atomic E-state index is 6.47. The smallest absolute Gasteiger partial charge is 0.0749 e. The molecule has 1 heterocycles. The predicted molar refractivity (Wildman–Crippen MR) is 88.3 cm³/mol. The van der Waals surface area contributed by atoms with Gasteiger partial charge in [-0.1, -0.05) is 48.0 Å². The summed E-state index contributed by atoms with van der Waals surface area (Å²) in [5.41, 5.74) is 12.5. The Hall–Kier alpha value is -2.19. The fourth-order valence-electron chi connectivity index (χ4n) is 2.79. The summed E-state index contributed by atoms with van der Waals surface area (Å²) in [6.45, 7) is 4.26. The van der Waals surface area contributed by atoms with Gasteiger partial charge in [-0.2, -0.15) is 0 Å². The molecule has 1 atom stereocenters. The molecular weight excluding hydrogens is 256 g/mol. The van der Waals surface area contributed by atoms with Crippen molar-refractivity contribution in [1.82, 2.24) is 4.98 Å². The van der Waals surface area contributed by atoms with Gasteiger partial charge in [-0.15, -0.1) is 0 Å². The summed E-state index contributed by atoms with van der Waals surface area (Å²) in [4.78, 5) is 4.50. The first-order valence-corrected chi connectivity index (χ1v) is 7.30. The van der Waals surface area contributed by atoms with E-state index in [2.05, 4.69) is 61.3 Å². The number of para-hydroxylation sites is 1. The van der Waals surface area contributed by atoms with Gasteiger partial charge in [0, 0.05) is 17.6 Å². The van der Waals surface area contributed by atoms with Gasteiger partial charge in [0.1, 0.15) is 0 Å². The van der Waals surface area contributed by atoms with Crippen molar-refractivity contribution >= 4 is 10.9 Å². The third-order valence-electron chi connectivity index (χ3n) is 4.01. The Bertz CT molecular complexity index is 772. The fraction of sp³-hybridized carbons (Fsp3) is 0.211. The Morgan fingerprint density at radius 1 is 1.05 bits per heavy atom. The molecule has 1 aromatic heterocycles. The Labute approximate surface area is 125 Å². The summed E-state index contributed by atoms with van der Waals surface area (Å²) in [5, 5.41) is 1.14. The molecule has 0 spiro atoms. The van der Waals surface area contributed by atoms with Crippen LogP contribution in [0.15, 0.2) is 54.7 Å². The maximum absolute atomic E-state index is 6.47. The van der Waals surface area contributed by atoms with Gasteiger partial charge in [0.15, 0.2) is 0 Å². The van der Waals surface area contributed by atoms with Crippen molar-refractivity contribution < 1.29 is 0 Å². The molecule has 106 valence electrons. The molecule has 3 rings (SSSR count). The lowest BCUT2D eigenvalue weighted by molar-refractivity contribution is 0.722. The number of nitrogens with zero attached hydrogens (tertiary/aromatic N) is 1. The number of aryl methyl sites for hydroxylation is 2. The first kappa shape index (κ1) is 13.8. The van der Waals surface area contributed by atoms with Gasteiger partial charge in [-0.25, -0.2) is 0 Å². The molecule has 0 aliphatic rings. The van der Waals surface area contributed by atoms with Gasteiger partial charge in [-0.3, -0.25) is 4.98 Å². The van der Waals surface area contributed by atoms with E-state index in [1.165, 1.54) is 16.7 Å². The number of aromatic nitrogens is 1. The van der Waals surface area contributed by atoms with E-state index in [0.717, 1.165) is 22.9 Å². The monoisotopic (exact) mass is 276 g/mol. The lowest BCUT2D eigenvalue weighted by atomic mass is 9.94. The molecule has 0 radical (unpaired) electrons. The van der Waals surface area contributed by atoms with Crippen LogP contribution < -0.4 is 5.73 Å². The minimum atomic E-state index is -0.0379. The molecule has 2 N–H and O–H groups in total. The fourth-order valence-corrected chi connectivity index (χ4v) is 2.79. The van der Waals surface area contributed by atoms with Crippen molar-refractivity contribution in [2.75, 3.05) is 0 Å². The second kappa shape index (κ2) is 5.66. The molecular formula is C19H20N2. The van der Waals surface area contributed by atoms with Crippen LogP contribution in [0.1, 0.15) is 28.3 Å². The molecule has 0 fully saturated rings. The van der Waals surface area contributed by atoms with E-state index < -0.39 is 0 Å². The summed E-state index contributed by atoms with van der Waals surface area (Å²) >= 11 is 0. The van der Waals surface area contributed by atoms with Crippen molar-refractivity contribution in [3.63, 3.8) is 0 Å². The number of nitrogens with two attached hydrogens (primary N) is 1. The van der Waals surface area contributed by atoms with E-state index in [1.54, 1.807) is 0 Å². The average molecular weight is 276 g/mol. The van der Waals surface area contributed by atoms with E-state index in [4.69, 9.17) is 5.73 Å². The van der Waals surface area contributed by atoms with Crippen LogP contribution in [-0.4, -0.2) is 4.98 Å². The van der Waals surface area contributed by atoms with E-state index in [-0.39, 0.29) is 6.04 Å². The second-order valence-electron chi connectivity index (χ2n) is 5.66. The zero-order valence-electron chi connectivity index (χ0n) is 12.5. The third kappa shape index (κ3) is 2.81. The van der Waals surface area contributed by atoms with Crippen LogP contribution in [0.4, 0.5) is 0 Å². The molecule has 0 aliphatic heterocycles. The summed E-state index contributed by atoms with van der Waals surface area (Å²) in [6.07, 6.45) is 2.67. The summed E-state index contributed by atoms with van der Waals surface area (Å²) in [7, 11) is 0. The van der Waals surface area contributed by atoms with Crippen LogP contribution in [0.25, 0.3) is 10.9 Å². The zero-order valence-corrected chi connectivity index (χ0v) is 12.5. The quantitative estimate of drug-likeness (QED) is 0.782. The molecule has 0 saturated carbocycles. The van der Waals surface area contributed by atoms with Crippen LogP contribution in [-0.2, 0) is 6.42 Å². The topological polar surface area (TPSA) is 38.9 Å². The zero-order chi connectivity index (χ0) is 14.8. The standard InChI is InChI=1S/C19H20N2/c1-13-8-9-14(2)16(11-13)12-18(20)17-7-3-5-15-6-4-10-21-19(15)17/h3-11,18H,12,20H2,1-2H3. The SMILES string of the molecule is Cc1ccc(C)c(CC(N)c2cccc3cccnc23)c1. The highest BCUT2D eigenvalue weighted by atomic mass is 14.7. The van der Waals surface area contributed by atoms with E-state index >= 15 is 0 Å². The summed E-state index contributed by atoms with van der Waals surface area (Å²) in [6, 6.07) is 16.8. The van der Waals surface area contributed by atoms with Crippen LogP contribution in [0.2, 0.25) is 0 Å². The van der Waals surface area contributed by atoms with Crippen molar-refractivity contribution in [1.29, 1.82) is 0 Å². The van der Waals surface area contributed by atoms with Crippen molar-refractivity contribution in [3.05, 3.63) is 77.0 Å². The summed E-state index contributed by atoms with van der Waals surface area (Å²) in [5.74, 6) is 0. The largest absolute Gasteiger partial charge is 0.324 e. The van der Waals surface area contributed by atoms with Crippen LogP contribution in [0, 0.1) is 13.8 Å². The number of pyridine rings is 1. The maximum Gasteiger partial charge on any atom is 0.0749 e. The third-order valence-corrected chi connectivity index (χ3v) is 4.01. The summed E-state index contributed by atoms with van der Waals surface area (Å²) < 4.78 is 0. The van der Waals surface area contributed by atoms with Gasteiger partial charge < -0.3 is 5.73 Å². The highest BCUT2D eigenvalue weighted by molar-refractivity contribution is 5.82. The molecule has 0 bridgehead atoms. The lowest BCUT2D eigenvalue weighted by Crippen LogP contribution is -2.15. The van der Waals surface area contributed by atoms with Crippen LogP contribution in [0.3, 0.4) is 0 Å². The molecule has 0 amide bonds. The van der Waals surface area contributed by atoms with Gasteiger partial charge in [0.25, 0.3) is 0 Å². The molecule has 0 aliphatic carbocycles. The average Bonchev–Trinajstić information content (AvgIpc) is 2.50. The van der Waals surface area contributed by atoms with Crippen molar-refractivity contribution in [3.8, 4) is 0 Å². The molecule has 2 aromatic carbocycles. The highest BCUT2D eigenvalue weighted by Crippen LogP contribution is 2.25. The second-order valence-corrected chi connectivity index (χ2v) is 5.66. The molecule has 2 nitrogen and oxygen atoms in total. The van der Waals surface area contributed by atoms with Gasteiger partial charge in [0.2, 0.25) is 0 Å². The Kier molecular flexibility index (Phi) is 3.72. The lowest BCUT2D eigenvalue weighted by Gasteiger charge is -2.16. The number of fused-ring (bicyclic) bond motifs is 1. The normalized spacial score (nSPS) is 12.5. The number of hydrogen-bond donors (Lipinski definition) is 1. The van der Waals surface area contributed by atoms with Gasteiger partial charge in [-0.05, 0) is 43.0 Å². The van der Waals surface area contributed by atoms with Crippen molar-refractivity contribution in [2.45, 2.75) is 26.3 Å². The highest BCUT2D eigenvalue weighted by Gasteiger charge is 2.12. The molecule has 3 aromatic rings. The molecule has 0 saturated heterocycles. The number of hydrogen-bond acceptors (Lipinski definition) is 2. The van der Waals surface area contributed by atoms with Gasteiger partial charge >= 0.3 is 0 Å². The minimum absolute atomic E-state index is 0.0379. The first-order chi connectivity index (χ1) is 10.1. The number of benzene rings is 2. The van der Waals surface area contributed by atoms with Crippen molar-refractivity contribution in [2.24, 2.45) is 5.73 Å². The first-order valence-electron chi connectivity index (χ1n) is 7.30. The molecule has 21 heavy (non-hydrogen) atoms. The van der Waals surface area contributed by atoms with Crippen LogP contribution >= 0.6 is 0 Å². The van der Waals surface area contributed by atoms with Gasteiger partial charge in [0.05, 0.1) is 5.52 Å². The van der Waals surface area contributed by atoms with E-state index in [1.807, 2.05) is 12.3 Å². The Morgan fingerprint density at radius 3 is 2.71 bits per heavy atom. The van der Waals surface area contributed by atoms with Crippen LogP contribution in [0.5, 0.6) is 0 Å². The molecule has 2 heteroatoms. The molecule has 1 unspecified atom stereocenters. The van der Waals surface area contributed by atoms with E-state index in [9.17, 15) is 0 Å². The van der Waals surface area contributed by atoms with E-state index in [0.29, 0.717) is 0 Å². The predicted octanol–water partition coefficient (Wildman–Crippen LogP) is 4.09.